The molecular weight excluding hydrogens is 402 g/mol. The van der Waals surface area contributed by atoms with Crippen molar-refractivity contribution in [1.29, 1.82) is 0 Å². The monoisotopic (exact) mass is 419 g/mol. The van der Waals surface area contributed by atoms with E-state index in [2.05, 4.69) is 0 Å². The summed E-state index contributed by atoms with van der Waals surface area (Å²) in [5.41, 5.74) is 1.74. The number of hydrogen-bond acceptors (Lipinski definition) is 5. The summed E-state index contributed by atoms with van der Waals surface area (Å²) in [6.07, 6.45) is 1.81. The molecular formula is C20H18ClNO3S2. The van der Waals surface area contributed by atoms with Crippen molar-refractivity contribution in [3.05, 3.63) is 63.5 Å². The third-order valence-electron chi connectivity index (χ3n) is 4.02. The van der Waals surface area contributed by atoms with Crippen LogP contribution >= 0.6 is 35.6 Å². The zero-order chi connectivity index (χ0) is 19.4. The Morgan fingerprint density at radius 1 is 1.22 bits per heavy atom. The number of thiocarbonyl (C=S) groups is 1. The van der Waals surface area contributed by atoms with Gasteiger partial charge in [0.25, 0.3) is 5.91 Å². The number of hydrogen-bond donors (Lipinski definition) is 0. The molecule has 1 heterocycles. The topological polar surface area (TPSA) is 38.8 Å². The Balaban J connectivity index is 1.79. The summed E-state index contributed by atoms with van der Waals surface area (Å²) in [5.74, 6) is 1.13. The third kappa shape index (κ3) is 4.46. The zero-order valence-electron chi connectivity index (χ0n) is 14.9. The Morgan fingerprint density at radius 3 is 2.67 bits per heavy atom. The van der Waals surface area contributed by atoms with Gasteiger partial charge in [0.1, 0.15) is 10.9 Å². The zero-order valence-corrected chi connectivity index (χ0v) is 17.3. The van der Waals surface area contributed by atoms with Crippen LogP contribution in [0.4, 0.5) is 0 Å². The van der Waals surface area contributed by atoms with Gasteiger partial charge in [0.15, 0.2) is 11.5 Å². The second kappa shape index (κ2) is 8.78. The largest absolute Gasteiger partial charge is 0.493 e. The molecule has 2 aromatic rings. The highest BCUT2D eigenvalue weighted by Gasteiger charge is 2.30. The molecule has 0 N–H and O–H groups in total. The minimum atomic E-state index is -0.0643. The first-order valence-electron chi connectivity index (χ1n) is 8.33. The van der Waals surface area contributed by atoms with Gasteiger partial charge in [-0.1, -0.05) is 59.8 Å². The van der Waals surface area contributed by atoms with E-state index in [-0.39, 0.29) is 5.91 Å². The summed E-state index contributed by atoms with van der Waals surface area (Å²) in [7, 11) is 1.58. The van der Waals surface area contributed by atoms with Gasteiger partial charge in [0.2, 0.25) is 0 Å². The maximum absolute atomic E-state index is 12.3. The average molecular weight is 420 g/mol. The average Bonchev–Trinajstić information content (AvgIpc) is 2.94. The summed E-state index contributed by atoms with van der Waals surface area (Å²) in [6.45, 7) is 2.81. The van der Waals surface area contributed by atoms with Crippen LogP contribution in [0.2, 0.25) is 5.02 Å². The molecule has 0 aromatic heterocycles. The number of ether oxygens (including phenoxy) is 2. The molecule has 0 radical (unpaired) electrons. The molecule has 0 unspecified atom stereocenters. The molecule has 1 saturated heterocycles. The molecule has 0 saturated carbocycles. The lowest BCUT2D eigenvalue weighted by Gasteiger charge is -2.12. The van der Waals surface area contributed by atoms with Gasteiger partial charge in [0, 0.05) is 17.1 Å². The van der Waals surface area contributed by atoms with Crippen molar-refractivity contribution >= 4 is 51.9 Å². The molecule has 0 spiro atoms. The van der Waals surface area contributed by atoms with E-state index in [1.54, 1.807) is 12.0 Å². The molecule has 1 aliphatic heterocycles. The fraction of sp³-hybridized carbons (Fsp3) is 0.200. The van der Waals surface area contributed by atoms with E-state index in [9.17, 15) is 4.79 Å². The van der Waals surface area contributed by atoms with Gasteiger partial charge in [-0.15, -0.1) is 0 Å². The van der Waals surface area contributed by atoms with Gasteiger partial charge in [-0.05, 0) is 36.8 Å². The number of amides is 1. The highest BCUT2D eigenvalue weighted by atomic mass is 35.5. The smallest absolute Gasteiger partial charge is 0.266 e. The fourth-order valence-corrected chi connectivity index (χ4v) is 4.16. The van der Waals surface area contributed by atoms with Crippen molar-refractivity contribution in [3.63, 3.8) is 0 Å². The molecule has 1 amide bonds. The molecule has 0 bridgehead atoms. The van der Waals surface area contributed by atoms with Gasteiger partial charge in [-0.3, -0.25) is 9.69 Å². The van der Waals surface area contributed by atoms with Gasteiger partial charge < -0.3 is 9.47 Å². The lowest BCUT2D eigenvalue weighted by Crippen LogP contribution is -2.27. The second-order valence-corrected chi connectivity index (χ2v) is 7.80. The van der Waals surface area contributed by atoms with Gasteiger partial charge in [0.05, 0.1) is 12.0 Å². The Morgan fingerprint density at radius 2 is 2.00 bits per heavy atom. The minimum Gasteiger partial charge on any atom is -0.493 e. The van der Waals surface area contributed by atoms with E-state index in [0.717, 1.165) is 11.1 Å². The molecule has 3 rings (SSSR count). The van der Waals surface area contributed by atoms with Gasteiger partial charge in [-0.2, -0.15) is 0 Å². The van der Waals surface area contributed by atoms with Crippen LogP contribution in [0.3, 0.4) is 0 Å². The Bertz CT molecular complexity index is 914. The van der Waals surface area contributed by atoms with Crippen LogP contribution in [-0.4, -0.2) is 28.8 Å². The van der Waals surface area contributed by atoms with Crippen molar-refractivity contribution < 1.29 is 14.3 Å². The predicted octanol–water partition coefficient (Wildman–Crippen LogP) is 5.15. The quantitative estimate of drug-likeness (QED) is 0.478. The van der Waals surface area contributed by atoms with E-state index >= 15 is 0 Å². The third-order valence-corrected chi connectivity index (χ3v) is 5.76. The number of carbonyl (C=O) groups is 1. The summed E-state index contributed by atoms with van der Waals surface area (Å²) < 4.78 is 11.9. The number of likely N-dealkylation sites (N-methyl/N-ethyl adjacent to an activating group) is 1. The van der Waals surface area contributed by atoms with E-state index in [0.29, 0.717) is 38.9 Å². The number of benzene rings is 2. The van der Waals surface area contributed by atoms with Crippen molar-refractivity contribution in [1.82, 2.24) is 4.90 Å². The highest BCUT2D eigenvalue weighted by molar-refractivity contribution is 8.26. The van der Waals surface area contributed by atoms with E-state index in [4.69, 9.17) is 33.3 Å². The SMILES string of the molecule is CCN1C(=O)/C(=C/c2ccc(OCc3ccccc3Cl)c(OC)c2)SC1=S. The lowest BCUT2D eigenvalue weighted by atomic mass is 10.1. The Labute approximate surface area is 173 Å². The van der Waals surface area contributed by atoms with Crippen LogP contribution in [0.25, 0.3) is 6.08 Å². The number of nitrogens with zero attached hydrogens (tertiary/aromatic N) is 1. The maximum Gasteiger partial charge on any atom is 0.266 e. The van der Waals surface area contributed by atoms with E-state index < -0.39 is 0 Å². The van der Waals surface area contributed by atoms with E-state index in [1.165, 1.54) is 11.8 Å². The van der Waals surface area contributed by atoms with Crippen LogP contribution in [0.1, 0.15) is 18.1 Å². The van der Waals surface area contributed by atoms with Crippen LogP contribution in [0.5, 0.6) is 11.5 Å². The number of halogens is 1. The van der Waals surface area contributed by atoms with Gasteiger partial charge in [-0.25, -0.2) is 0 Å². The molecule has 2 aromatic carbocycles. The summed E-state index contributed by atoms with van der Waals surface area (Å²) in [4.78, 5) is 14.5. The van der Waals surface area contributed by atoms with Crippen molar-refractivity contribution in [2.75, 3.05) is 13.7 Å². The van der Waals surface area contributed by atoms with Crippen LogP contribution < -0.4 is 9.47 Å². The number of thioether (sulfide) groups is 1. The second-order valence-electron chi connectivity index (χ2n) is 5.72. The molecule has 4 nitrogen and oxygen atoms in total. The molecule has 140 valence electrons. The van der Waals surface area contributed by atoms with Crippen molar-refractivity contribution in [2.45, 2.75) is 13.5 Å². The first-order chi connectivity index (χ1) is 13.0. The normalized spacial score (nSPS) is 15.5. The summed E-state index contributed by atoms with van der Waals surface area (Å²) >= 11 is 12.7. The maximum atomic E-state index is 12.3. The van der Waals surface area contributed by atoms with E-state index in [1.807, 2.05) is 55.5 Å². The lowest BCUT2D eigenvalue weighted by molar-refractivity contribution is -0.121. The minimum absolute atomic E-state index is 0.0643. The number of rotatable bonds is 6. The first kappa shape index (κ1) is 19.7. The van der Waals surface area contributed by atoms with Gasteiger partial charge >= 0.3 is 0 Å². The van der Waals surface area contributed by atoms with Crippen LogP contribution in [-0.2, 0) is 11.4 Å². The molecule has 1 aliphatic rings. The van der Waals surface area contributed by atoms with Crippen molar-refractivity contribution in [2.24, 2.45) is 0 Å². The van der Waals surface area contributed by atoms with Crippen molar-refractivity contribution in [3.8, 4) is 11.5 Å². The molecule has 0 atom stereocenters. The predicted molar refractivity (Wildman–Crippen MR) is 114 cm³/mol. The first-order valence-corrected chi connectivity index (χ1v) is 9.93. The summed E-state index contributed by atoms with van der Waals surface area (Å²) in [5, 5.41) is 0.658. The number of carbonyl (C=O) groups excluding carboxylic acids is 1. The molecule has 27 heavy (non-hydrogen) atoms. The summed E-state index contributed by atoms with van der Waals surface area (Å²) in [6, 6.07) is 13.1. The molecule has 7 heteroatoms. The van der Waals surface area contributed by atoms with Crippen LogP contribution in [0, 0.1) is 0 Å². The Kier molecular flexibility index (Phi) is 6.42. The molecule has 1 fully saturated rings. The Hall–Kier alpha value is -2.02. The standard InChI is InChI=1S/C20H18ClNO3S2/c1-3-22-19(23)18(27-20(22)26)11-13-8-9-16(17(10-13)24-2)25-12-14-6-4-5-7-15(14)21/h4-11H,3,12H2,1-2H3/b18-11-. The highest BCUT2D eigenvalue weighted by Crippen LogP contribution is 2.35. The van der Waals surface area contributed by atoms with Crippen LogP contribution in [0.15, 0.2) is 47.4 Å². The number of methoxy groups -OCH3 is 1. The molecule has 0 aliphatic carbocycles. The fourth-order valence-electron chi connectivity index (χ4n) is 2.59.